The molecular formula is C30H23ClN6OS. The summed E-state index contributed by atoms with van der Waals surface area (Å²) in [5.41, 5.74) is 5.60. The van der Waals surface area contributed by atoms with Gasteiger partial charge in [0.2, 0.25) is 0 Å². The first-order chi connectivity index (χ1) is 19.1. The van der Waals surface area contributed by atoms with Crippen LogP contribution in [-0.2, 0) is 0 Å². The van der Waals surface area contributed by atoms with E-state index in [-0.39, 0.29) is 6.04 Å². The molecule has 0 saturated carbocycles. The van der Waals surface area contributed by atoms with E-state index in [1.165, 1.54) is 4.88 Å². The lowest BCUT2D eigenvalue weighted by molar-refractivity contribution is 0.415. The highest BCUT2D eigenvalue weighted by molar-refractivity contribution is 7.10. The van der Waals surface area contributed by atoms with Crippen LogP contribution >= 0.6 is 22.9 Å². The molecule has 3 aromatic carbocycles. The van der Waals surface area contributed by atoms with Crippen LogP contribution in [0.2, 0.25) is 5.02 Å². The van der Waals surface area contributed by atoms with Crippen molar-refractivity contribution in [3.8, 4) is 11.4 Å². The number of benzene rings is 3. The minimum atomic E-state index is -0.127. The molecule has 2 aromatic heterocycles. The van der Waals surface area contributed by atoms with Crippen LogP contribution in [0.4, 0.5) is 22.9 Å². The third-order valence-corrected chi connectivity index (χ3v) is 8.09. The van der Waals surface area contributed by atoms with Gasteiger partial charge >= 0.3 is 0 Å². The number of rotatable bonds is 4. The lowest BCUT2D eigenvalue weighted by Crippen LogP contribution is -2.46. The zero-order chi connectivity index (χ0) is 26.5. The molecular weight excluding hydrogens is 528 g/mol. The topological polar surface area (TPSA) is 67.0 Å². The number of thiophene rings is 1. The zero-order valence-corrected chi connectivity index (χ0v) is 22.7. The molecule has 192 valence electrons. The fourth-order valence-corrected chi connectivity index (χ4v) is 6.23. The largest absolute Gasteiger partial charge is 0.495 e. The molecule has 0 spiro atoms. The van der Waals surface area contributed by atoms with Crippen molar-refractivity contribution in [1.82, 2.24) is 9.78 Å². The van der Waals surface area contributed by atoms with E-state index in [1.807, 2.05) is 71.4 Å². The highest BCUT2D eigenvalue weighted by Gasteiger charge is 2.41. The molecule has 0 fully saturated rings. The molecule has 2 aliphatic rings. The van der Waals surface area contributed by atoms with Crippen molar-refractivity contribution >= 4 is 57.5 Å². The number of hydrogen-bond acceptors (Lipinski definition) is 7. The van der Waals surface area contributed by atoms with Crippen molar-refractivity contribution in [3.63, 3.8) is 0 Å². The summed E-state index contributed by atoms with van der Waals surface area (Å²) in [5, 5.41) is 11.1. The van der Waals surface area contributed by atoms with Crippen LogP contribution in [-0.4, -0.2) is 28.6 Å². The van der Waals surface area contributed by atoms with Crippen molar-refractivity contribution < 1.29 is 4.74 Å². The number of fused-ring (bicyclic) bond motifs is 4. The summed E-state index contributed by atoms with van der Waals surface area (Å²) in [4.78, 5) is 13.8. The maximum Gasteiger partial charge on any atom is 0.179 e. The van der Waals surface area contributed by atoms with Crippen LogP contribution in [0.3, 0.4) is 0 Å². The number of amidine groups is 2. The number of halogens is 1. The van der Waals surface area contributed by atoms with E-state index in [2.05, 4.69) is 40.7 Å². The minimum absolute atomic E-state index is 0.127. The highest BCUT2D eigenvalue weighted by atomic mass is 35.5. The average Bonchev–Trinajstić information content (AvgIpc) is 3.61. The maximum absolute atomic E-state index is 6.46. The van der Waals surface area contributed by atoms with Gasteiger partial charge in [0.25, 0.3) is 0 Å². The summed E-state index contributed by atoms with van der Waals surface area (Å²) in [6.07, 6.45) is 0. The molecule has 2 aliphatic heterocycles. The van der Waals surface area contributed by atoms with E-state index < -0.39 is 0 Å². The van der Waals surface area contributed by atoms with Crippen LogP contribution in [0.1, 0.15) is 22.2 Å². The Labute approximate surface area is 234 Å². The lowest BCUT2D eigenvalue weighted by atomic mass is 9.98. The zero-order valence-electron chi connectivity index (χ0n) is 21.2. The van der Waals surface area contributed by atoms with Gasteiger partial charge in [0, 0.05) is 16.1 Å². The van der Waals surface area contributed by atoms with E-state index >= 15 is 0 Å². The number of methoxy groups -OCH3 is 1. The molecule has 5 aromatic rings. The van der Waals surface area contributed by atoms with Gasteiger partial charge in [-0.2, -0.15) is 5.10 Å². The fraction of sp³-hybridized carbons (Fsp3) is 0.100. The van der Waals surface area contributed by atoms with E-state index in [1.54, 1.807) is 18.4 Å². The average molecular weight is 551 g/mol. The van der Waals surface area contributed by atoms with Crippen LogP contribution in [0.5, 0.6) is 5.75 Å². The quantitative estimate of drug-likeness (QED) is 0.249. The second-order valence-corrected chi connectivity index (χ2v) is 10.6. The number of para-hydroxylation sites is 3. The Balaban J connectivity index is 1.46. The summed E-state index contributed by atoms with van der Waals surface area (Å²) < 4.78 is 7.27. The summed E-state index contributed by atoms with van der Waals surface area (Å²) in [5.74, 6) is 2.74. The summed E-state index contributed by atoms with van der Waals surface area (Å²) in [6.45, 7) is 2.06. The molecule has 0 amide bonds. The minimum Gasteiger partial charge on any atom is -0.495 e. The van der Waals surface area contributed by atoms with Gasteiger partial charge in [0.05, 0.1) is 34.9 Å². The summed E-state index contributed by atoms with van der Waals surface area (Å²) in [6, 6.07) is 28.0. The molecule has 7 rings (SSSR count). The third kappa shape index (κ3) is 3.91. The third-order valence-electron chi connectivity index (χ3n) is 6.87. The molecule has 0 radical (unpaired) electrons. The monoisotopic (exact) mass is 550 g/mol. The summed E-state index contributed by atoms with van der Waals surface area (Å²) in [7, 11) is 1.60. The van der Waals surface area contributed by atoms with Gasteiger partial charge in [-0.25, -0.2) is 14.7 Å². The normalized spacial score (nSPS) is 15.6. The molecule has 4 heterocycles. The Hall–Kier alpha value is -4.40. The second kappa shape index (κ2) is 9.41. The summed E-state index contributed by atoms with van der Waals surface area (Å²) >= 11 is 8.18. The van der Waals surface area contributed by atoms with Crippen molar-refractivity contribution in [2.75, 3.05) is 17.3 Å². The van der Waals surface area contributed by atoms with E-state index in [9.17, 15) is 0 Å². The SMILES string of the molecule is COc1ccc(NC2=Nc3ccccc3N3C2=Nc2c(c(C)nn2-c2ccccc2)[C@H]3c2cccs2)cc1Cl. The smallest absolute Gasteiger partial charge is 0.179 e. The van der Waals surface area contributed by atoms with Gasteiger partial charge in [0.15, 0.2) is 17.5 Å². The number of anilines is 2. The Morgan fingerprint density at radius 3 is 2.54 bits per heavy atom. The molecule has 1 N–H and O–H groups in total. The van der Waals surface area contributed by atoms with Gasteiger partial charge < -0.3 is 15.0 Å². The van der Waals surface area contributed by atoms with E-state index in [0.29, 0.717) is 22.4 Å². The number of hydrogen-bond donors (Lipinski definition) is 1. The van der Waals surface area contributed by atoms with Crippen LogP contribution in [0.15, 0.2) is 100 Å². The second-order valence-electron chi connectivity index (χ2n) is 9.22. The van der Waals surface area contributed by atoms with Crippen LogP contribution in [0, 0.1) is 6.92 Å². The maximum atomic E-state index is 6.46. The number of aryl methyl sites for hydroxylation is 1. The van der Waals surface area contributed by atoms with Crippen molar-refractivity contribution in [2.24, 2.45) is 9.98 Å². The molecule has 0 aliphatic carbocycles. The van der Waals surface area contributed by atoms with Crippen molar-refractivity contribution in [1.29, 1.82) is 0 Å². The number of nitrogens with one attached hydrogen (secondary N) is 1. The Morgan fingerprint density at radius 1 is 0.949 bits per heavy atom. The first-order valence-electron chi connectivity index (χ1n) is 12.5. The standard InChI is InChI=1S/C30H23ClN6OS/c1-18-26-27(25-13-8-16-39-25)36-23-12-7-6-11-22(23)33-28(32-19-14-15-24(38-2)21(31)17-19)30(36)34-29(26)37(35-18)20-9-4-3-5-10-20/h3-17,27H,1-2H3,(H,32,33)/t27-/m1/s1. The predicted molar refractivity (Wildman–Crippen MR) is 159 cm³/mol. The van der Waals surface area contributed by atoms with Gasteiger partial charge in [-0.15, -0.1) is 11.3 Å². The van der Waals surface area contributed by atoms with Gasteiger partial charge in [-0.1, -0.05) is 48.0 Å². The number of aromatic nitrogens is 2. The highest BCUT2D eigenvalue weighted by Crippen LogP contribution is 2.49. The Bertz CT molecular complexity index is 1760. The number of ether oxygens (including phenoxy) is 1. The van der Waals surface area contributed by atoms with Gasteiger partial charge in [-0.05, 0) is 60.8 Å². The van der Waals surface area contributed by atoms with E-state index in [0.717, 1.165) is 39.8 Å². The molecule has 0 bridgehead atoms. The molecule has 0 saturated heterocycles. The van der Waals surface area contributed by atoms with E-state index in [4.69, 9.17) is 31.4 Å². The van der Waals surface area contributed by atoms with Crippen molar-refractivity contribution in [2.45, 2.75) is 13.0 Å². The number of aliphatic imine (C=N–C) groups is 2. The van der Waals surface area contributed by atoms with Crippen LogP contribution in [0.25, 0.3) is 5.69 Å². The van der Waals surface area contributed by atoms with Crippen molar-refractivity contribution in [3.05, 3.63) is 111 Å². The van der Waals surface area contributed by atoms with Gasteiger partial charge in [-0.3, -0.25) is 0 Å². The number of nitrogens with zero attached hydrogens (tertiary/aromatic N) is 5. The predicted octanol–water partition coefficient (Wildman–Crippen LogP) is 7.70. The van der Waals surface area contributed by atoms with Crippen LogP contribution < -0.4 is 15.0 Å². The lowest BCUT2D eigenvalue weighted by Gasteiger charge is -2.40. The fourth-order valence-electron chi connectivity index (χ4n) is 5.14. The first-order valence-corrected chi connectivity index (χ1v) is 13.7. The first kappa shape index (κ1) is 23.7. The molecule has 0 unspecified atom stereocenters. The Morgan fingerprint density at radius 2 is 1.77 bits per heavy atom. The molecule has 1 atom stereocenters. The Kier molecular flexibility index (Phi) is 5.72. The molecule has 9 heteroatoms. The molecule has 39 heavy (non-hydrogen) atoms. The molecule has 7 nitrogen and oxygen atoms in total. The van der Waals surface area contributed by atoms with Gasteiger partial charge in [0.1, 0.15) is 11.8 Å².